The second-order valence-corrected chi connectivity index (χ2v) is 6.99. The second kappa shape index (κ2) is 7.21. The van der Waals surface area contributed by atoms with Crippen molar-refractivity contribution in [2.24, 2.45) is 11.8 Å². The first-order valence-electron chi connectivity index (χ1n) is 8.27. The lowest BCUT2D eigenvalue weighted by molar-refractivity contribution is 0.549. The molecule has 1 saturated carbocycles. The van der Waals surface area contributed by atoms with E-state index < -0.39 is 0 Å². The summed E-state index contributed by atoms with van der Waals surface area (Å²) in [6, 6.07) is 0.454. The van der Waals surface area contributed by atoms with Crippen molar-refractivity contribution in [3.63, 3.8) is 0 Å². The lowest BCUT2D eigenvalue weighted by Gasteiger charge is -2.27. The summed E-state index contributed by atoms with van der Waals surface area (Å²) < 4.78 is 0. The van der Waals surface area contributed by atoms with Gasteiger partial charge in [-0.3, -0.25) is 0 Å². The van der Waals surface area contributed by atoms with Gasteiger partial charge in [0.15, 0.2) is 0 Å². The van der Waals surface area contributed by atoms with Crippen molar-refractivity contribution >= 4 is 5.95 Å². The second-order valence-electron chi connectivity index (χ2n) is 6.99. The first kappa shape index (κ1) is 16.2. The highest BCUT2D eigenvalue weighted by molar-refractivity contribution is 5.34. The molecule has 0 bridgehead atoms. The largest absolute Gasteiger partial charge is 0.338 e. The Morgan fingerprint density at radius 1 is 1.29 bits per heavy atom. The van der Waals surface area contributed by atoms with Crippen LogP contribution in [0.15, 0.2) is 6.20 Å². The number of anilines is 1. The maximum Gasteiger partial charge on any atom is 0.225 e. The number of nitrogens with zero attached hydrogens (tertiary/aromatic N) is 3. The van der Waals surface area contributed by atoms with Crippen LogP contribution in [0.2, 0.25) is 0 Å². The van der Waals surface area contributed by atoms with Crippen LogP contribution in [0.4, 0.5) is 5.95 Å². The molecule has 1 fully saturated rings. The van der Waals surface area contributed by atoms with Crippen molar-refractivity contribution in [3.05, 3.63) is 17.5 Å². The molecule has 0 atom stereocenters. The molecule has 1 N–H and O–H groups in total. The zero-order valence-corrected chi connectivity index (χ0v) is 14.2. The van der Waals surface area contributed by atoms with Crippen molar-refractivity contribution in [2.75, 3.05) is 18.0 Å². The Morgan fingerprint density at radius 2 is 2.00 bits per heavy atom. The average Bonchev–Trinajstić information content (AvgIpc) is 3.21. The Bertz CT molecular complexity index is 452. The van der Waals surface area contributed by atoms with E-state index in [9.17, 15) is 0 Å². The molecule has 4 heteroatoms. The first-order valence-corrected chi connectivity index (χ1v) is 8.27. The summed E-state index contributed by atoms with van der Waals surface area (Å²) in [6.07, 6.45) is 4.71. The fourth-order valence-corrected chi connectivity index (χ4v) is 2.39. The number of aromatic nitrogens is 2. The van der Waals surface area contributed by atoms with E-state index in [0.29, 0.717) is 12.0 Å². The number of hydrogen-bond donors (Lipinski definition) is 1. The predicted octanol–water partition coefficient (Wildman–Crippen LogP) is 3.16. The molecule has 0 amide bonds. The van der Waals surface area contributed by atoms with Gasteiger partial charge < -0.3 is 10.2 Å². The molecule has 0 radical (unpaired) electrons. The van der Waals surface area contributed by atoms with E-state index in [0.717, 1.165) is 37.2 Å². The van der Waals surface area contributed by atoms with Crippen LogP contribution in [0.5, 0.6) is 0 Å². The van der Waals surface area contributed by atoms with Crippen LogP contribution < -0.4 is 10.2 Å². The minimum Gasteiger partial charge on any atom is -0.338 e. The summed E-state index contributed by atoms with van der Waals surface area (Å²) >= 11 is 0. The maximum atomic E-state index is 4.75. The molecule has 1 aromatic rings. The number of rotatable bonds is 8. The number of aryl methyl sites for hydroxylation is 1. The third-order valence-corrected chi connectivity index (χ3v) is 3.97. The van der Waals surface area contributed by atoms with Crippen LogP contribution in [0.25, 0.3) is 0 Å². The topological polar surface area (TPSA) is 41.1 Å². The van der Waals surface area contributed by atoms with Crippen LogP contribution >= 0.6 is 0 Å². The Hall–Kier alpha value is -1.16. The van der Waals surface area contributed by atoms with Gasteiger partial charge in [-0.1, -0.05) is 13.8 Å². The highest BCUT2D eigenvalue weighted by Crippen LogP contribution is 2.31. The van der Waals surface area contributed by atoms with Crippen LogP contribution in [0.1, 0.15) is 51.8 Å². The number of hydrogen-bond acceptors (Lipinski definition) is 4. The highest BCUT2D eigenvalue weighted by Gasteiger charge is 2.27. The van der Waals surface area contributed by atoms with E-state index >= 15 is 0 Å². The molecule has 21 heavy (non-hydrogen) atoms. The average molecular weight is 290 g/mol. The summed E-state index contributed by atoms with van der Waals surface area (Å²) in [5.41, 5.74) is 2.30. The van der Waals surface area contributed by atoms with Gasteiger partial charge in [-0.25, -0.2) is 9.97 Å². The summed E-state index contributed by atoms with van der Waals surface area (Å²) in [5.74, 6) is 2.41. The fourth-order valence-electron chi connectivity index (χ4n) is 2.39. The molecule has 1 aromatic heterocycles. The smallest absolute Gasteiger partial charge is 0.225 e. The summed E-state index contributed by atoms with van der Waals surface area (Å²) in [4.78, 5) is 11.7. The third kappa shape index (κ3) is 4.95. The molecule has 0 spiro atoms. The van der Waals surface area contributed by atoms with Crippen molar-refractivity contribution in [1.29, 1.82) is 0 Å². The normalized spacial score (nSPS) is 15.0. The number of nitrogens with one attached hydrogen (secondary N) is 1. The summed E-state index contributed by atoms with van der Waals surface area (Å²) in [7, 11) is 0. The van der Waals surface area contributed by atoms with Gasteiger partial charge in [0.1, 0.15) is 0 Å². The molecule has 1 aliphatic carbocycles. The zero-order chi connectivity index (χ0) is 15.4. The Kier molecular flexibility index (Phi) is 5.57. The molecular formula is C17H30N4. The first-order chi connectivity index (χ1) is 9.97. The molecule has 0 saturated heterocycles. The van der Waals surface area contributed by atoms with Crippen LogP contribution in [-0.2, 0) is 6.54 Å². The standard InChI is InChI=1S/C17H30N4/c1-12(2)8-18-9-16-10-19-17(20-14(16)5)21(13(3)4)11-15-6-7-15/h10,12-13,15,18H,6-9,11H2,1-5H3. The Morgan fingerprint density at radius 3 is 2.52 bits per heavy atom. The van der Waals surface area contributed by atoms with Gasteiger partial charge in [0, 0.05) is 36.6 Å². The van der Waals surface area contributed by atoms with E-state index in [4.69, 9.17) is 4.98 Å². The van der Waals surface area contributed by atoms with Gasteiger partial charge in [0.05, 0.1) is 0 Å². The van der Waals surface area contributed by atoms with E-state index in [1.54, 1.807) is 0 Å². The minimum absolute atomic E-state index is 0.454. The van der Waals surface area contributed by atoms with Gasteiger partial charge >= 0.3 is 0 Å². The summed E-state index contributed by atoms with van der Waals surface area (Å²) in [5, 5.41) is 3.46. The molecule has 4 nitrogen and oxygen atoms in total. The molecule has 1 heterocycles. The van der Waals surface area contributed by atoms with Gasteiger partial charge in [-0.05, 0) is 52.0 Å². The SMILES string of the molecule is Cc1nc(N(CC2CC2)C(C)C)ncc1CNCC(C)C. The van der Waals surface area contributed by atoms with E-state index in [1.165, 1.54) is 18.4 Å². The minimum atomic E-state index is 0.454. The predicted molar refractivity (Wildman–Crippen MR) is 88.5 cm³/mol. The van der Waals surface area contributed by atoms with Gasteiger partial charge in [0.2, 0.25) is 5.95 Å². The summed E-state index contributed by atoms with van der Waals surface area (Å²) in [6.45, 7) is 14.0. The van der Waals surface area contributed by atoms with Crippen LogP contribution in [0, 0.1) is 18.8 Å². The van der Waals surface area contributed by atoms with Crippen molar-refractivity contribution in [1.82, 2.24) is 15.3 Å². The molecule has 1 aliphatic rings. The monoisotopic (exact) mass is 290 g/mol. The van der Waals surface area contributed by atoms with E-state index in [2.05, 4.69) is 49.8 Å². The quantitative estimate of drug-likeness (QED) is 0.798. The zero-order valence-electron chi connectivity index (χ0n) is 14.2. The highest BCUT2D eigenvalue weighted by atomic mass is 15.3. The molecule has 2 rings (SSSR count). The maximum absolute atomic E-state index is 4.75. The molecule has 0 aromatic carbocycles. The molecule has 0 aliphatic heterocycles. The third-order valence-electron chi connectivity index (χ3n) is 3.97. The van der Waals surface area contributed by atoms with E-state index in [1.807, 2.05) is 6.20 Å². The Balaban J connectivity index is 2.02. The molecule has 118 valence electrons. The fraction of sp³-hybridized carbons (Fsp3) is 0.765. The van der Waals surface area contributed by atoms with Crippen molar-refractivity contribution in [2.45, 2.75) is 60.0 Å². The van der Waals surface area contributed by atoms with Crippen LogP contribution in [0.3, 0.4) is 0 Å². The van der Waals surface area contributed by atoms with Gasteiger partial charge in [-0.15, -0.1) is 0 Å². The van der Waals surface area contributed by atoms with Gasteiger partial charge in [0.25, 0.3) is 0 Å². The van der Waals surface area contributed by atoms with Crippen LogP contribution in [-0.4, -0.2) is 29.1 Å². The Labute approximate surface area is 129 Å². The molecular weight excluding hydrogens is 260 g/mol. The lowest BCUT2D eigenvalue weighted by atomic mass is 10.2. The van der Waals surface area contributed by atoms with Crippen molar-refractivity contribution < 1.29 is 0 Å². The van der Waals surface area contributed by atoms with Crippen molar-refractivity contribution in [3.8, 4) is 0 Å². The molecule has 0 unspecified atom stereocenters. The van der Waals surface area contributed by atoms with E-state index in [-0.39, 0.29) is 0 Å². The van der Waals surface area contributed by atoms with Gasteiger partial charge in [-0.2, -0.15) is 0 Å². The lowest BCUT2D eigenvalue weighted by Crippen LogP contribution is -2.34.